The summed E-state index contributed by atoms with van der Waals surface area (Å²) in [7, 11) is 2.72. The lowest BCUT2D eigenvalue weighted by molar-refractivity contribution is -0.394. The third-order valence-corrected chi connectivity index (χ3v) is 3.79. The van der Waals surface area contributed by atoms with E-state index in [-0.39, 0.29) is 48.2 Å². The number of non-ortho nitro benzene ring substituents is 1. The number of methoxy groups -OCH3 is 2. The monoisotopic (exact) mass is 422 g/mol. The van der Waals surface area contributed by atoms with Crippen LogP contribution >= 0.6 is 0 Å². The Morgan fingerprint density at radius 1 is 1.00 bits per heavy atom. The maximum Gasteiger partial charge on any atom is 0.318 e. The molecule has 2 rings (SSSR count). The van der Waals surface area contributed by atoms with E-state index in [2.05, 4.69) is 0 Å². The summed E-state index contributed by atoms with van der Waals surface area (Å²) in [4.78, 5) is 31.2. The predicted octanol–water partition coefficient (Wildman–Crippen LogP) is 3.56. The molecule has 0 fully saturated rings. The summed E-state index contributed by atoms with van der Waals surface area (Å²) in [6.45, 7) is 0.0903. The van der Waals surface area contributed by atoms with Gasteiger partial charge in [0, 0.05) is 24.6 Å². The SMILES string of the molecule is COc1cc(Oc2ccc([N+](=O)[O-])cc2[N+](=O)[O-])cc(OC)c1OCCCC(=O)O. The number of benzene rings is 2. The first-order chi connectivity index (χ1) is 14.3. The fourth-order valence-electron chi connectivity index (χ4n) is 2.43. The molecular formula is C18H18N2O10. The Morgan fingerprint density at radius 3 is 2.13 bits per heavy atom. The number of aliphatic carboxylic acids is 1. The van der Waals surface area contributed by atoms with Crippen molar-refractivity contribution in [1.29, 1.82) is 0 Å². The highest BCUT2D eigenvalue weighted by Crippen LogP contribution is 2.43. The molecule has 0 amide bonds. The van der Waals surface area contributed by atoms with Gasteiger partial charge in [0.2, 0.25) is 11.5 Å². The van der Waals surface area contributed by atoms with Crippen LogP contribution in [0.5, 0.6) is 28.7 Å². The molecule has 12 heteroatoms. The first-order valence-electron chi connectivity index (χ1n) is 8.48. The summed E-state index contributed by atoms with van der Waals surface area (Å²) in [5.74, 6) is -0.501. The third kappa shape index (κ3) is 5.47. The predicted molar refractivity (Wildman–Crippen MR) is 102 cm³/mol. The Labute approximate surface area is 169 Å². The van der Waals surface area contributed by atoms with Crippen LogP contribution in [0.25, 0.3) is 0 Å². The van der Waals surface area contributed by atoms with Crippen molar-refractivity contribution in [3.63, 3.8) is 0 Å². The van der Waals surface area contributed by atoms with Gasteiger partial charge in [0.05, 0.1) is 36.7 Å². The van der Waals surface area contributed by atoms with Crippen LogP contribution in [0.3, 0.4) is 0 Å². The number of carboxylic acid groups (broad SMARTS) is 1. The van der Waals surface area contributed by atoms with Crippen LogP contribution in [-0.4, -0.2) is 41.7 Å². The summed E-state index contributed by atoms with van der Waals surface area (Å²) in [5.41, 5.74) is -1.04. The maximum atomic E-state index is 11.3. The number of carboxylic acids is 1. The molecule has 2 aromatic carbocycles. The van der Waals surface area contributed by atoms with Crippen LogP contribution in [0, 0.1) is 20.2 Å². The van der Waals surface area contributed by atoms with Gasteiger partial charge in [-0.15, -0.1) is 0 Å². The lowest BCUT2D eigenvalue weighted by atomic mass is 10.2. The van der Waals surface area contributed by atoms with Crippen LogP contribution < -0.4 is 18.9 Å². The summed E-state index contributed by atoms with van der Waals surface area (Å²) in [6.07, 6.45) is 0.185. The molecule has 30 heavy (non-hydrogen) atoms. The zero-order chi connectivity index (χ0) is 22.3. The third-order valence-electron chi connectivity index (χ3n) is 3.79. The standard InChI is InChI=1S/C18H18N2O10/c1-27-15-9-12(10-16(28-2)18(15)29-7-3-4-17(21)22)30-14-6-5-11(19(23)24)8-13(14)20(25)26/h5-6,8-10H,3-4,7H2,1-2H3,(H,21,22). The number of hydrogen-bond acceptors (Lipinski definition) is 9. The highest BCUT2D eigenvalue weighted by molar-refractivity contribution is 5.66. The van der Waals surface area contributed by atoms with Gasteiger partial charge < -0.3 is 24.1 Å². The van der Waals surface area contributed by atoms with E-state index in [4.69, 9.17) is 24.1 Å². The lowest BCUT2D eigenvalue weighted by Gasteiger charge is -2.16. The van der Waals surface area contributed by atoms with Crippen molar-refractivity contribution in [1.82, 2.24) is 0 Å². The van der Waals surface area contributed by atoms with Gasteiger partial charge in [0.1, 0.15) is 5.75 Å². The van der Waals surface area contributed by atoms with Gasteiger partial charge in [-0.1, -0.05) is 0 Å². The van der Waals surface area contributed by atoms with Crippen molar-refractivity contribution in [3.8, 4) is 28.7 Å². The zero-order valence-electron chi connectivity index (χ0n) is 16.0. The fraction of sp³-hybridized carbons (Fsp3) is 0.278. The highest BCUT2D eigenvalue weighted by Gasteiger charge is 2.23. The average molecular weight is 422 g/mol. The Balaban J connectivity index is 2.34. The van der Waals surface area contributed by atoms with E-state index in [1.807, 2.05) is 0 Å². The Bertz CT molecular complexity index is 935. The van der Waals surface area contributed by atoms with Gasteiger partial charge in [-0.2, -0.15) is 0 Å². The molecule has 1 N–H and O–H groups in total. The van der Waals surface area contributed by atoms with E-state index < -0.39 is 27.2 Å². The molecule has 0 aliphatic carbocycles. The normalized spacial score (nSPS) is 10.2. The topological polar surface area (TPSA) is 160 Å². The Hall–Kier alpha value is -4.09. The number of hydrogen-bond donors (Lipinski definition) is 1. The van der Waals surface area contributed by atoms with Crippen LogP contribution in [0.4, 0.5) is 11.4 Å². The molecule has 2 aromatic rings. The first-order valence-corrected chi connectivity index (χ1v) is 8.48. The average Bonchev–Trinajstić information content (AvgIpc) is 2.70. The Kier molecular flexibility index (Phi) is 7.33. The second kappa shape index (κ2) is 9.91. The molecule has 0 saturated carbocycles. The van der Waals surface area contributed by atoms with Crippen LogP contribution in [-0.2, 0) is 4.79 Å². The Morgan fingerprint density at radius 2 is 1.63 bits per heavy atom. The molecule has 0 bridgehead atoms. The molecule has 0 aliphatic rings. The number of nitrogens with zero attached hydrogens (tertiary/aromatic N) is 2. The number of nitro groups is 2. The quantitative estimate of drug-likeness (QED) is 0.322. The molecule has 0 spiro atoms. The summed E-state index contributed by atoms with van der Waals surface area (Å²) in [6, 6.07) is 5.77. The molecule has 0 aromatic heterocycles. The van der Waals surface area contributed by atoms with Crippen LogP contribution in [0.2, 0.25) is 0 Å². The minimum Gasteiger partial charge on any atom is -0.493 e. The molecule has 0 unspecified atom stereocenters. The van der Waals surface area contributed by atoms with Gasteiger partial charge in [-0.3, -0.25) is 25.0 Å². The molecule has 0 saturated heterocycles. The molecular weight excluding hydrogens is 404 g/mol. The molecule has 160 valence electrons. The number of ether oxygens (including phenoxy) is 4. The number of carbonyl (C=O) groups is 1. The highest BCUT2D eigenvalue weighted by atomic mass is 16.6. The molecule has 0 atom stereocenters. The van der Waals surface area contributed by atoms with E-state index >= 15 is 0 Å². The van der Waals surface area contributed by atoms with Crippen molar-refractivity contribution in [2.45, 2.75) is 12.8 Å². The van der Waals surface area contributed by atoms with Crippen LogP contribution in [0.1, 0.15) is 12.8 Å². The number of rotatable bonds is 11. The summed E-state index contributed by atoms with van der Waals surface area (Å²) >= 11 is 0. The van der Waals surface area contributed by atoms with E-state index in [9.17, 15) is 25.0 Å². The number of nitro benzene ring substituents is 2. The molecule has 12 nitrogen and oxygen atoms in total. The maximum absolute atomic E-state index is 11.3. The van der Waals surface area contributed by atoms with Gasteiger partial charge in [-0.05, 0) is 12.5 Å². The molecule has 0 radical (unpaired) electrons. The smallest absolute Gasteiger partial charge is 0.318 e. The zero-order valence-corrected chi connectivity index (χ0v) is 16.0. The minimum atomic E-state index is -0.953. The van der Waals surface area contributed by atoms with Crippen molar-refractivity contribution in [2.75, 3.05) is 20.8 Å². The lowest BCUT2D eigenvalue weighted by Crippen LogP contribution is -2.04. The van der Waals surface area contributed by atoms with Gasteiger partial charge >= 0.3 is 11.7 Å². The second-order valence-corrected chi connectivity index (χ2v) is 5.77. The molecule has 0 heterocycles. The van der Waals surface area contributed by atoms with Crippen molar-refractivity contribution in [3.05, 3.63) is 50.6 Å². The largest absolute Gasteiger partial charge is 0.493 e. The van der Waals surface area contributed by atoms with Gasteiger partial charge in [0.15, 0.2) is 11.5 Å². The van der Waals surface area contributed by atoms with E-state index in [0.717, 1.165) is 18.2 Å². The van der Waals surface area contributed by atoms with Gasteiger partial charge in [-0.25, -0.2) is 0 Å². The van der Waals surface area contributed by atoms with Crippen molar-refractivity contribution < 1.29 is 38.7 Å². The van der Waals surface area contributed by atoms with Crippen molar-refractivity contribution >= 4 is 17.3 Å². The minimum absolute atomic E-state index is 0.0738. The van der Waals surface area contributed by atoms with Gasteiger partial charge in [0.25, 0.3) is 5.69 Å². The summed E-state index contributed by atoms with van der Waals surface area (Å²) < 4.78 is 21.6. The van der Waals surface area contributed by atoms with Crippen molar-refractivity contribution in [2.24, 2.45) is 0 Å². The second-order valence-electron chi connectivity index (χ2n) is 5.77. The first kappa shape index (κ1) is 22.2. The van der Waals surface area contributed by atoms with E-state index in [0.29, 0.717) is 0 Å². The van der Waals surface area contributed by atoms with Crippen LogP contribution in [0.15, 0.2) is 30.3 Å². The van der Waals surface area contributed by atoms with E-state index in [1.165, 1.54) is 26.4 Å². The van der Waals surface area contributed by atoms with E-state index in [1.54, 1.807) is 0 Å². The summed E-state index contributed by atoms with van der Waals surface area (Å²) in [5, 5.41) is 30.8. The fourth-order valence-corrected chi connectivity index (χ4v) is 2.43. The molecule has 0 aliphatic heterocycles.